The zero-order valence-electron chi connectivity index (χ0n) is 15.5. The molecule has 7 atom stereocenters. The lowest BCUT2D eigenvalue weighted by molar-refractivity contribution is -0.194. The number of rotatable bonds is 1. The minimum absolute atomic E-state index is 0.0976. The Hall–Kier alpha value is -1.31. The third-order valence-corrected chi connectivity index (χ3v) is 8.33. The monoisotopic (exact) mass is 343 g/mol. The number of ether oxygens (including phenoxy) is 1. The first-order valence-corrected chi connectivity index (χ1v) is 9.57. The summed E-state index contributed by atoms with van der Waals surface area (Å²) in [5.74, 6) is 0.725. The van der Waals surface area contributed by atoms with Crippen LogP contribution >= 0.6 is 0 Å². The van der Waals surface area contributed by atoms with Gasteiger partial charge in [0.05, 0.1) is 36.6 Å². The van der Waals surface area contributed by atoms with E-state index in [1.165, 1.54) is 0 Å². The Kier molecular flexibility index (Phi) is 3.66. The zero-order chi connectivity index (χ0) is 18.0. The highest BCUT2D eigenvalue weighted by molar-refractivity contribution is 5.41. The van der Waals surface area contributed by atoms with Crippen LogP contribution in [0.15, 0.2) is 23.5 Å². The number of nitriles is 1. The molecule has 0 aromatic rings. The molecule has 0 amide bonds. The quantitative estimate of drug-likeness (QED) is 0.766. The second-order valence-corrected chi connectivity index (χ2v) is 9.08. The van der Waals surface area contributed by atoms with Crippen LogP contribution in [-0.4, -0.2) is 29.0 Å². The molecular formula is C21H29NO3. The molecule has 4 nitrogen and oxygen atoms in total. The van der Waals surface area contributed by atoms with Crippen LogP contribution in [0.4, 0.5) is 0 Å². The van der Waals surface area contributed by atoms with Crippen LogP contribution in [0.2, 0.25) is 0 Å². The highest BCUT2D eigenvalue weighted by Gasteiger charge is 2.67. The Balaban J connectivity index is 1.86. The van der Waals surface area contributed by atoms with Gasteiger partial charge in [-0.2, -0.15) is 5.26 Å². The van der Waals surface area contributed by atoms with Crippen LogP contribution in [0, 0.1) is 39.9 Å². The third kappa shape index (κ3) is 2.00. The maximum absolute atomic E-state index is 12.0. The second-order valence-electron chi connectivity index (χ2n) is 9.08. The highest BCUT2D eigenvalue weighted by atomic mass is 16.5. The topological polar surface area (TPSA) is 73.5 Å². The number of nitrogens with zero attached hydrogens (tertiary/aromatic N) is 1. The molecule has 0 aliphatic heterocycles. The van der Waals surface area contributed by atoms with Crippen LogP contribution in [-0.2, 0) is 4.74 Å². The average Bonchev–Trinajstić information content (AvgIpc) is 2.90. The van der Waals surface area contributed by atoms with Gasteiger partial charge >= 0.3 is 0 Å². The largest absolute Gasteiger partial charge is 0.501 e. The Morgan fingerprint density at radius 2 is 2.00 bits per heavy atom. The predicted octanol–water partition coefficient (Wildman–Crippen LogP) is 3.31. The third-order valence-electron chi connectivity index (χ3n) is 8.33. The van der Waals surface area contributed by atoms with Gasteiger partial charge in [-0.3, -0.25) is 0 Å². The van der Waals surface area contributed by atoms with Crippen molar-refractivity contribution < 1.29 is 14.9 Å². The van der Waals surface area contributed by atoms with E-state index in [2.05, 4.69) is 26.0 Å². The lowest BCUT2D eigenvalue weighted by atomic mass is 9.44. The second kappa shape index (κ2) is 5.34. The zero-order valence-corrected chi connectivity index (χ0v) is 15.5. The van der Waals surface area contributed by atoms with E-state index in [0.717, 1.165) is 43.4 Å². The van der Waals surface area contributed by atoms with Gasteiger partial charge in [-0.1, -0.05) is 19.9 Å². The van der Waals surface area contributed by atoms with E-state index in [4.69, 9.17) is 4.74 Å². The standard InChI is InChI=1S/C21H29NO3/c1-19-8-9-21(24)18(16(19)4-5-17(19)23)13(12-22)10-14-11-15(25-3)6-7-20(14,21)2/h10-11,13,16-18,23-24H,4-9H2,1-3H3/t13-,16+,17-,18+,19+,20+,21-/m1/s1. The smallest absolute Gasteiger partial charge is 0.0958 e. The van der Waals surface area contributed by atoms with Gasteiger partial charge in [-0.15, -0.1) is 0 Å². The highest BCUT2D eigenvalue weighted by Crippen LogP contribution is 2.67. The van der Waals surface area contributed by atoms with Crippen molar-refractivity contribution >= 4 is 0 Å². The first-order valence-electron chi connectivity index (χ1n) is 9.57. The summed E-state index contributed by atoms with van der Waals surface area (Å²) < 4.78 is 5.45. The number of aliphatic hydroxyl groups is 2. The van der Waals surface area contributed by atoms with Crippen LogP contribution < -0.4 is 0 Å². The van der Waals surface area contributed by atoms with Crippen molar-refractivity contribution in [3.63, 3.8) is 0 Å². The molecule has 4 aliphatic rings. The van der Waals surface area contributed by atoms with Crippen molar-refractivity contribution in [1.29, 1.82) is 5.26 Å². The molecule has 0 spiro atoms. The molecule has 136 valence electrons. The number of hydrogen-bond acceptors (Lipinski definition) is 4. The minimum Gasteiger partial charge on any atom is -0.501 e. The minimum atomic E-state index is -0.887. The fourth-order valence-electron chi connectivity index (χ4n) is 6.53. The Morgan fingerprint density at radius 1 is 1.24 bits per heavy atom. The molecule has 0 heterocycles. The van der Waals surface area contributed by atoms with Gasteiger partial charge in [-0.25, -0.2) is 0 Å². The van der Waals surface area contributed by atoms with Gasteiger partial charge in [0.1, 0.15) is 0 Å². The number of aliphatic hydroxyl groups excluding tert-OH is 1. The fraction of sp³-hybridized carbons (Fsp3) is 0.762. The Morgan fingerprint density at radius 3 is 2.68 bits per heavy atom. The molecule has 2 fully saturated rings. The maximum Gasteiger partial charge on any atom is 0.0958 e. The van der Waals surface area contributed by atoms with E-state index in [1.807, 2.05) is 6.08 Å². The molecular weight excluding hydrogens is 314 g/mol. The van der Waals surface area contributed by atoms with Crippen LogP contribution in [0.25, 0.3) is 0 Å². The fourth-order valence-corrected chi connectivity index (χ4v) is 6.53. The van der Waals surface area contributed by atoms with E-state index < -0.39 is 5.60 Å². The van der Waals surface area contributed by atoms with Crippen molar-refractivity contribution in [2.24, 2.45) is 28.6 Å². The van der Waals surface area contributed by atoms with Gasteiger partial charge < -0.3 is 14.9 Å². The first-order chi connectivity index (χ1) is 11.8. The summed E-state index contributed by atoms with van der Waals surface area (Å²) in [5.41, 5.74) is -0.345. The normalized spacial score (nSPS) is 51.4. The summed E-state index contributed by atoms with van der Waals surface area (Å²) >= 11 is 0. The Labute approximate surface area is 150 Å². The van der Waals surface area contributed by atoms with Crippen molar-refractivity contribution in [2.75, 3.05) is 7.11 Å². The molecule has 0 unspecified atom stereocenters. The van der Waals surface area contributed by atoms with Crippen molar-refractivity contribution in [1.82, 2.24) is 0 Å². The lowest BCUT2D eigenvalue weighted by Crippen LogP contribution is -2.64. The predicted molar refractivity (Wildman–Crippen MR) is 94.1 cm³/mol. The van der Waals surface area contributed by atoms with Gasteiger partial charge in [0.25, 0.3) is 0 Å². The van der Waals surface area contributed by atoms with E-state index in [9.17, 15) is 15.5 Å². The molecule has 2 N–H and O–H groups in total. The Bertz CT molecular complexity index is 692. The molecule has 0 bridgehead atoms. The van der Waals surface area contributed by atoms with Crippen molar-refractivity contribution in [2.45, 2.75) is 64.1 Å². The summed E-state index contributed by atoms with van der Waals surface area (Å²) in [6.07, 6.45) is 8.64. The number of hydrogen-bond donors (Lipinski definition) is 2. The SMILES string of the molecule is COC1=CC2=C[C@H](C#N)[C@H]3[C@@H]4CC[C@@H](O)[C@@]4(C)CC[C@]3(O)[C@@]2(C)CC1. The van der Waals surface area contributed by atoms with Crippen LogP contribution in [0.5, 0.6) is 0 Å². The molecule has 4 heteroatoms. The molecule has 0 aromatic carbocycles. The van der Waals surface area contributed by atoms with Gasteiger partial charge in [0.15, 0.2) is 0 Å². The molecule has 25 heavy (non-hydrogen) atoms. The summed E-state index contributed by atoms with van der Waals surface area (Å²) in [6.45, 7) is 4.32. The molecule has 0 radical (unpaired) electrons. The number of methoxy groups -OCH3 is 1. The van der Waals surface area contributed by atoms with E-state index in [-0.39, 0.29) is 34.7 Å². The summed E-state index contributed by atoms with van der Waals surface area (Å²) in [4.78, 5) is 0. The number of allylic oxidation sites excluding steroid dienone is 3. The molecule has 0 aromatic heterocycles. The van der Waals surface area contributed by atoms with Crippen LogP contribution in [0.1, 0.15) is 52.4 Å². The number of fused-ring (bicyclic) bond motifs is 5. The van der Waals surface area contributed by atoms with Crippen molar-refractivity contribution in [3.8, 4) is 6.07 Å². The molecule has 0 saturated heterocycles. The van der Waals surface area contributed by atoms with Crippen molar-refractivity contribution in [3.05, 3.63) is 23.5 Å². The maximum atomic E-state index is 12.0. The molecule has 2 saturated carbocycles. The average molecular weight is 343 g/mol. The first kappa shape index (κ1) is 17.1. The van der Waals surface area contributed by atoms with E-state index in [0.29, 0.717) is 6.42 Å². The van der Waals surface area contributed by atoms with Gasteiger partial charge in [0.2, 0.25) is 0 Å². The van der Waals surface area contributed by atoms with Crippen LogP contribution in [0.3, 0.4) is 0 Å². The molecule has 4 rings (SSSR count). The van der Waals surface area contributed by atoms with E-state index >= 15 is 0 Å². The summed E-state index contributed by atoms with van der Waals surface area (Å²) in [6, 6.07) is 2.47. The van der Waals surface area contributed by atoms with Gasteiger partial charge in [0, 0.05) is 17.8 Å². The summed E-state index contributed by atoms with van der Waals surface area (Å²) in [7, 11) is 1.68. The summed E-state index contributed by atoms with van der Waals surface area (Å²) in [5, 5.41) is 32.5. The molecule has 4 aliphatic carbocycles. The lowest BCUT2D eigenvalue weighted by Gasteiger charge is -2.62. The van der Waals surface area contributed by atoms with E-state index in [1.54, 1.807) is 7.11 Å². The van der Waals surface area contributed by atoms with Gasteiger partial charge in [-0.05, 0) is 55.1 Å².